The lowest BCUT2D eigenvalue weighted by molar-refractivity contribution is -0.142. The van der Waals surface area contributed by atoms with Gasteiger partial charge in [-0.1, -0.05) is 121 Å². The summed E-state index contributed by atoms with van der Waals surface area (Å²) in [7, 11) is 3.10. The fraction of sp³-hybridized carbons (Fsp3) is 0.500. The summed E-state index contributed by atoms with van der Waals surface area (Å²) in [6, 6.07) is 17.0. The zero-order chi connectivity index (χ0) is 30.8. The van der Waals surface area contributed by atoms with Gasteiger partial charge in [-0.2, -0.15) is 0 Å². The Balaban J connectivity index is 0.000000420. The normalized spacial score (nSPS) is 11.3. The molecule has 2 aromatic rings. The number of unbranched alkanes of at least 4 members (excludes halogenated alkanes) is 10. The highest BCUT2D eigenvalue weighted by molar-refractivity contribution is 5.92. The monoisotopic (exact) mass is 580 g/mol. The number of esters is 1. The lowest BCUT2D eigenvalue weighted by Gasteiger charge is -2.07. The summed E-state index contributed by atoms with van der Waals surface area (Å²) in [4.78, 5) is 23.2. The molecule has 0 bridgehead atoms. The van der Waals surface area contributed by atoms with E-state index in [1.807, 2.05) is 54.6 Å². The topological polar surface area (TPSA) is 82.1 Å². The van der Waals surface area contributed by atoms with E-state index in [-0.39, 0.29) is 5.76 Å². The fourth-order valence-corrected chi connectivity index (χ4v) is 4.26. The molecule has 6 nitrogen and oxygen atoms in total. The van der Waals surface area contributed by atoms with Crippen LogP contribution >= 0.6 is 0 Å². The third-order valence-electron chi connectivity index (χ3n) is 6.78. The maximum atomic E-state index is 11.9. The SMILES string of the molecule is CCCCCCCCC(=Cc1ccc(OC)cc1)C(=O)O.CCCCCCCCOC(=O)C(=Cc1ccccc1)OC. The van der Waals surface area contributed by atoms with Crippen LogP contribution in [-0.4, -0.2) is 37.9 Å². The van der Waals surface area contributed by atoms with Gasteiger partial charge < -0.3 is 19.3 Å². The molecule has 0 aliphatic heterocycles. The van der Waals surface area contributed by atoms with E-state index < -0.39 is 11.9 Å². The average molecular weight is 581 g/mol. The second kappa shape index (κ2) is 24.1. The van der Waals surface area contributed by atoms with Crippen LogP contribution in [0.15, 0.2) is 65.9 Å². The van der Waals surface area contributed by atoms with Gasteiger partial charge >= 0.3 is 11.9 Å². The molecule has 0 fully saturated rings. The van der Waals surface area contributed by atoms with Crippen molar-refractivity contribution in [2.24, 2.45) is 0 Å². The van der Waals surface area contributed by atoms with E-state index in [1.54, 1.807) is 19.3 Å². The third-order valence-corrected chi connectivity index (χ3v) is 6.78. The Bertz CT molecular complexity index is 1040. The van der Waals surface area contributed by atoms with Gasteiger partial charge in [-0.25, -0.2) is 9.59 Å². The summed E-state index contributed by atoms with van der Waals surface area (Å²) >= 11 is 0. The number of benzene rings is 2. The van der Waals surface area contributed by atoms with E-state index >= 15 is 0 Å². The predicted octanol–water partition coefficient (Wildman–Crippen LogP) is 9.49. The second-order valence-electron chi connectivity index (χ2n) is 10.3. The van der Waals surface area contributed by atoms with E-state index in [4.69, 9.17) is 14.2 Å². The summed E-state index contributed by atoms with van der Waals surface area (Å²) in [6.45, 7) is 4.85. The van der Waals surface area contributed by atoms with Crippen LogP contribution in [0.3, 0.4) is 0 Å². The minimum atomic E-state index is -0.820. The molecule has 0 aliphatic carbocycles. The van der Waals surface area contributed by atoms with Crippen LogP contribution in [0.1, 0.15) is 108 Å². The van der Waals surface area contributed by atoms with Gasteiger partial charge in [0, 0.05) is 5.57 Å². The number of carboxylic acids is 1. The molecular weight excluding hydrogens is 528 g/mol. The number of carbonyl (C=O) groups is 2. The summed E-state index contributed by atoms with van der Waals surface area (Å²) in [5, 5.41) is 9.28. The summed E-state index contributed by atoms with van der Waals surface area (Å²) < 4.78 is 15.5. The average Bonchev–Trinajstić information content (AvgIpc) is 3.01. The molecule has 0 spiro atoms. The Morgan fingerprint density at radius 1 is 0.690 bits per heavy atom. The van der Waals surface area contributed by atoms with Crippen molar-refractivity contribution < 1.29 is 28.9 Å². The molecule has 1 N–H and O–H groups in total. The molecule has 0 amide bonds. The molecule has 2 aromatic carbocycles. The Hall–Kier alpha value is -3.54. The van der Waals surface area contributed by atoms with Crippen molar-refractivity contribution in [2.45, 2.75) is 97.3 Å². The van der Waals surface area contributed by atoms with Crippen LogP contribution in [0.2, 0.25) is 0 Å². The predicted molar refractivity (Wildman–Crippen MR) is 172 cm³/mol. The summed E-state index contributed by atoms with van der Waals surface area (Å²) in [5.41, 5.74) is 2.31. The van der Waals surface area contributed by atoms with Crippen LogP contribution in [0.25, 0.3) is 12.2 Å². The minimum absolute atomic E-state index is 0.243. The van der Waals surface area contributed by atoms with Crippen LogP contribution in [0, 0.1) is 0 Å². The standard InChI is InChI=1S/2C18H26O3/c1-3-4-5-6-7-11-14-21-18(19)17(20-2)15-16-12-9-8-10-13-16;1-3-4-5-6-7-8-9-16(18(19)20)14-15-10-12-17(21-2)13-11-15/h8-10,12-13,15H,3-7,11,14H2,1-2H3;10-14H,3-9H2,1-2H3,(H,19,20). The molecular formula is C36H52O6. The molecule has 0 aromatic heterocycles. The first kappa shape index (κ1) is 36.5. The van der Waals surface area contributed by atoms with Gasteiger partial charge in [-0.05, 0) is 54.7 Å². The van der Waals surface area contributed by atoms with Gasteiger partial charge in [-0.3, -0.25) is 0 Å². The van der Waals surface area contributed by atoms with E-state index in [0.717, 1.165) is 42.6 Å². The van der Waals surface area contributed by atoms with Crippen LogP contribution in [-0.2, 0) is 19.1 Å². The molecule has 0 radical (unpaired) electrons. The van der Waals surface area contributed by atoms with Crippen LogP contribution in [0.5, 0.6) is 5.75 Å². The molecule has 42 heavy (non-hydrogen) atoms. The first-order valence-corrected chi connectivity index (χ1v) is 15.5. The fourth-order valence-electron chi connectivity index (χ4n) is 4.26. The molecule has 0 saturated heterocycles. The van der Waals surface area contributed by atoms with E-state index in [2.05, 4.69) is 13.8 Å². The third kappa shape index (κ3) is 17.3. The molecule has 2 rings (SSSR count). The minimum Gasteiger partial charge on any atom is -0.497 e. The smallest absolute Gasteiger partial charge is 0.373 e. The van der Waals surface area contributed by atoms with Gasteiger partial charge in [0.15, 0.2) is 0 Å². The Labute approximate surface area is 253 Å². The van der Waals surface area contributed by atoms with Gasteiger partial charge in [-0.15, -0.1) is 0 Å². The number of methoxy groups -OCH3 is 2. The number of hydrogen-bond acceptors (Lipinski definition) is 5. The highest BCUT2D eigenvalue weighted by Gasteiger charge is 2.11. The first-order valence-electron chi connectivity index (χ1n) is 15.5. The zero-order valence-corrected chi connectivity index (χ0v) is 26.2. The zero-order valence-electron chi connectivity index (χ0n) is 26.2. The quantitative estimate of drug-likeness (QED) is 0.0727. The second-order valence-corrected chi connectivity index (χ2v) is 10.3. The molecule has 0 unspecified atom stereocenters. The number of aliphatic carboxylic acids is 1. The molecule has 6 heteroatoms. The van der Waals surface area contributed by atoms with Crippen LogP contribution < -0.4 is 4.74 Å². The Morgan fingerprint density at radius 3 is 1.79 bits per heavy atom. The van der Waals surface area contributed by atoms with E-state index in [0.29, 0.717) is 18.6 Å². The molecule has 0 atom stereocenters. The lowest BCUT2D eigenvalue weighted by Crippen LogP contribution is -2.10. The van der Waals surface area contributed by atoms with E-state index in [9.17, 15) is 14.7 Å². The number of rotatable bonds is 20. The van der Waals surface area contributed by atoms with Crippen molar-refractivity contribution in [1.29, 1.82) is 0 Å². The van der Waals surface area contributed by atoms with Crippen molar-refractivity contribution in [2.75, 3.05) is 20.8 Å². The highest BCUT2D eigenvalue weighted by atomic mass is 16.6. The van der Waals surface area contributed by atoms with Gasteiger partial charge in [0.2, 0.25) is 5.76 Å². The number of carboxylic acid groups (broad SMARTS) is 1. The largest absolute Gasteiger partial charge is 0.497 e. The van der Waals surface area contributed by atoms with Gasteiger partial charge in [0.1, 0.15) is 5.75 Å². The van der Waals surface area contributed by atoms with Crippen molar-refractivity contribution in [1.82, 2.24) is 0 Å². The molecule has 0 saturated carbocycles. The number of carbonyl (C=O) groups excluding carboxylic acids is 1. The summed E-state index contributed by atoms with van der Waals surface area (Å²) in [6.07, 6.45) is 18.1. The molecule has 232 valence electrons. The highest BCUT2D eigenvalue weighted by Crippen LogP contribution is 2.18. The van der Waals surface area contributed by atoms with Gasteiger partial charge in [0.25, 0.3) is 0 Å². The van der Waals surface area contributed by atoms with Crippen molar-refractivity contribution >= 4 is 24.1 Å². The molecule has 0 aliphatic rings. The van der Waals surface area contributed by atoms with E-state index in [1.165, 1.54) is 58.5 Å². The summed E-state index contributed by atoms with van der Waals surface area (Å²) in [5.74, 6) is -0.193. The first-order chi connectivity index (χ1) is 20.4. The van der Waals surface area contributed by atoms with Crippen molar-refractivity contribution in [3.63, 3.8) is 0 Å². The van der Waals surface area contributed by atoms with Gasteiger partial charge in [0.05, 0.1) is 20.8 Å². The lowest BCUT2D eigenvalue weighted by atomic mass is 10.0. The Morgan fingerprint density at radius 2 is 1.24 bits per heavy atom. The number of hydrogen-bond donors (Lipinski definition) is 1. The maximum Gasteiger partial charge on any atom is 0.373 e. The van der Waals surface area contributed by atoms with Crippen LogP contribution in [0.4, 0.5) is 0 Å². The van der Waals surface area contributed by atoms with Crippen molar-refractivity contribution in [3.8, 4) is 5.75 Å². The Kier molecular flexibility index (Phi) is 20.9. The molecule has 0 heterocycles. The van der Waals surface area contributed by atoms with Crippen molar-refractivity contribution in [3.05, 3.63) is 77.1 Å². The maximum absolute atomic E-state index is 11.9. The number of ether oxygens (including phenoxy) is 3.